The number of imide groups is 1. The van der Waals surface area contributed by atoms with E-state index in [1.165, 1.54) is 27.0 Å². The number of carbonyl (C=O) groups excluding carboxylic acids is 2. The molecule has 0 N–H and O–H groups in total. The number of methoxy groups -OCH3 is 1. The van der Waals surface area contributed by atoms with Crippen LogP contribution >= 0.6 is 0 Å². The Morgan fingerprint density at radius 1 is 1.13 bits per heavy atom. The molecule has 15 heavy (non-hydrogen) atoms. The number of hydrogen-bond donors (Lipinski definition) is 0. The van der Waals surface area contributed by atoms with Crippen LogP contribution in [0.25, 0.3) is 0 Å². The molecule has 0 aliphatic rings. The van der Waals surface area contributed by atoms with E-state index in [4.69, 9.17) is 0 Å². The molecule has 4 heteroatoms. The molecule has 0 saturated carbocycles. The summed E-state index contributed by atoms with van der Waals surface area (Å²) in [4.78, 5) is 23.4. The van der Waals surface area contributed by atoms with Gasteiger partial charge in [-0.15, -0.1) is 0 Å². The van der Waals surface area contributed by atoms with E-state index in [-0.39, 0.29) is 5.91 Å². The van der Waals surface area contributed by atoms with Gasteiger partial charge in [-0.25, -0.2) is 4.79 Å². The summed E-state index contributed by atoms with van der Waals surface area (Å²) in [6.07, 6.45) is 5.29. The molecule has 0 aromatic heterocycles. The third kappa shape index (κ3) is 6.10. The summed E-state index contributed by atoms with van der Waals surface area (Å²) >= 11 is 0. The Bertz CT molecular complexity index is 204. The lowest BCUT2D eigenvalue weighted by molar-refractivity contribution is -0.128. The Hall–Kier alpha value is -1.06. The van der Waals surface area contributed by atoms with Gasteiger partial charge in [0.1, 0.15) is 0 Å². The lowest BCUT2D eigenvalue weighted by Crippen LogP contribution is -2.32. The second kappa shape index (κ2) is 8.26. The number of ether oxygens (including phenoxy) is 1. The van der Waals surface area contributed by atoms with Crippen molar-refractivity contribution in [2.45, 2.75) is 45.4 Å². The maximum atomic E-state index is 11.4. The molecule has 0 rings (SSSR count). The Morgan fingerprint density at radius 2 is 1.73 bits per heavy atom. The van der Waals surface area contributed by atoms with Crippen LogP contribution in [0.4, 0.5) is 4.79 Å². The Labute approximate surface area is 91.6 Å². The largest absolute Gasteiger partial charge is 0.452 e. The van der Waals surface area contributed by atoms with Gasteiger partial charge in [0.2, 0.25) is 5.91 Å². The van der Waals surface area contributed by atoms with Crippen molar-refractivity contribution in [3.05, 3.63) is 0 Å². The van der Waals surface area contributed by atoms with Crippen LogP contribution in [-0.4, -0.2) is 31.1 Å². The minimum atomic E-state index is -0.589. The molecule has 0 bridgehead atoms. The number of amides is 2. The Balaban J connectivity index is 3.60. The molecule has 0 radical (unpaired) electrons. The molecule has 0 spiro atoms. The van der Waals surface area contributed by atoms with E-state index in [0.717, 1.165) is 24.2 Å². The first-order chi connectivity index (χ1) is 7.13. The molecule has 0 aromatic rings. The maximum Gasteiger partial charge on any atom is 0.415 e. The average molecular weight is 215 g/mol. The topological polar surface area (TPSA) is 46.6 Å². The van der Waals surface area contributed by atoms with Crippen LogP contribution in [0.5, 0.6) is 0 Å². The summed E-state index contributed by atoms with van der Waals surface area (Å²) in [5, 5.41) is 0. The van der Waals surface area contributed by atoms with Gasteiger partial charge in [-0.1, -0.05) is 32.6 Å². The van der Waals surface area contributed by atoms with Gasteiger partial charge in [0.25, 0.3) is 0 Å². The molecule has 2 amide bonds. The number of unbranched alkanes of at least 4 members (excludes halogenated alkanes) is 4. The fourth-order valence-electron chi connectivity index (χ4n) is 1.29. The van der Waals surface area contributed by atoms with Crippen molar-refractivity contribution in [1.29, 1.82) is 0 Å². The third-order valence-corrected chi connectivity index (χ3v) is 2.32. The van der Waals surface area contributed by atoms with Gasteiger partial charge < -0.3 is 4.74 Å². The van der Waals surface area contributed by atoms with Crippen molar-refractivity contribution in [2.24, 2.45) is 0 Å². The highest BCUT2D eigenvalue weighted by molar-refractivity contribution is 5.91. The zero-order chi connectivity index (χ0) is 11.7. The third-order valence-electron chi connectivity index (χ3n) is 2.32. The number of nitrogens with zero attached hydrogens (tertiary/aromatic N) is 1. The van der Waals surface area contributed by atoms with Gasteiger partial charge in [-0.3, -0.25) is 9.69 Å². The van der Waals surface area contributed by atoms with Crippen LogP contribution in [0.1, 0.15) is 45.4 Å². The Morgan fingerprint density at radius 3 is 2.27 bits per heavy atom. The molecular weight excluding hydrogens is 194 g/mol. The Kier molecular flexibility index (Phi) is 7.68. The molecule has 0 aromatic carbocycles. The standard InChI is InChI=1S/C11H21NO3/c1-4-5-6-7-8-9-10(13)12(2)11(14)15-3/h4-9H2,1-3H3. The smallest absolute Gasteiger partial charge is 0.415 e. The second-order valence-electron chi connectivity index (χ2n) is 3.59. The first kappa shape index (κ1) is 13.9. The van der Waals surface area contributed by atoms with Gasteiger partial charge in [0.05, 0.1) is 7.11 Å². The van der Waals surface area contributed by atoms with Gasteiger partial charge in [0.15, 0.2) is 0 Å². The molecule has 0 saturated heterocycles. The summed E-state index contributed by atoms with van der Waals surface area (Å²) in [6, 6.07) is 0. The van der Waals surface area contributed by atoms with Crippen LogP contribution in [0.2, 0.25) is 0 Å². The van der Waals surface area contributed by atoms with Gasteiger partial charge in [-0.2, -0.15) is 0 Å². The summed E-state index contributed by atoms with van der Waals surface area (Å²) in [5.41, 5.74) is 0. The zero-order valence-corrected chi connectivity index (χ0v) is 9.91. The van der Waals surface area contributed by atoms with Gasteiger partial charge >= 0.3 is 6.09 Å². The highest BCUT2D eigenvalue weighted by atomic mass is 16.5. The lowest BCUT2D eigenvalue weighted by Gasteiger charge is -2.13. The van der Waals surface area contributed by atoms with E-state index >= 15 is 0 Å². The second-order valence-corrected chi connectivity index (χ2v) is 3.59. The van der Waals surface area contributed by atoms with Crippen molar-refractivity contribution in [1.82, 2.24) is 4.90 Å². The number of carbonyl (C=O) groups is 2. The van der Waals surface area contributed by atoms with E-state index in [9.17, 15) is 9.59 Å². The predicted octanol–water partition coefficient (Wildman–Crippen LogP) is 2.57. The lowest BCUT2D eigenvalue weighted by atomic mass is 10.1. The van der Waals surface area contributed by atoms with Crippen molar-refractivity contribution < 1.29 is 14.3 Å². The summed E-state index contributed by atoms with van der Waals surface area (Å²) in [5.74, 6) is -0.168. The van der Waals surface area contributed by atoms with E-state index in [1.54, 1.807) is 0 Å². The van der Waals surface area contributed by atoms with E-state index in [0.29, 0.717) is 6.42 Å². The quantitative estimate of drug-likeness (QED) is 0.640. The first-order valence-electron chi connectivity index (χ1n) is 5.48. The molecule has 4 nitrogen and oxygen atoms in total. The van der Waals surface area contributed by atoms with E-state index < -0.39 is 6.09 Å². The van der Waals surface area contributed by atoms with E-state index in [2.05, 4.69) is 11.7 Å². The normalized spacial score (nSPS) is 9.80. The van der Waals surface area contributed by atoms with Crippen LogP contribution in [0.15, 0.2) is 0 Å². The molecular formula is C11H21NO3. The highest BCUT2D eigenvalue weighted by Crippen LogP contribution is 2.06. The summed E-state index contributed by atoms with van der Waals surface area (Å²) < 4.78 is 4.44. The van der Waals surface area contributed by atoms with Crippen molar-refractivity contribution in [3.63, 3.8) is 0 Å². The molecule has 88 valence electrons. The molecule has 0 unspecified atom stereocenters. The van der Waals surface area contributed by atoms with Crippen LogP contribution in [-0.2, 0) is 9.53 Å². The molecule has 0 aliphatic carbocycles. The van der Waals surface area contributed by atoms with E-state index in [1.807, 2.05) is 0 Å². The van der Waals surface area contributed by atoms with Crippen molar-refractivity contribution in [3.8, 4) is 0 Å². The molecule has 0 aliphatic heterocycles. The van der Waals surface area contributed by atoms with Crippen molar-refractivity contribution >= 4 is 12.0 Å². The van der Waals surface area contributed by atoms with Crippen LogP contribution in [0.3, 0.4) is 0 Å². The van der Waals surface area contributed by atoms with Crippen LogP contribution in [0, 0.1) is 0 Å². The zero-order valence-electron chi connectivity index (χ0n) is 9.91. The molecule has 0 heterocycles. The van der Waals surface area contributed by atoms with Crippen molar-refractivity contribution in [2.75, 3.05) is 14.2 Å². The fraction of sp³-hybridized carbons (Fsp3) is 0.818. The summed E-state index contributed by atoms with van der Waals surface area (Å²) in [7, 11) is 2.72. The van der Waals surface area contributed by atoms with Gasteiger partial charge in [-0.05, 0) is 6.42 Å². The monoisotopic (exact) mass is 215 g/mol. The van der Waals surface area contributed by atoms with Gasteiger partial charge in [0, 0.05) is 13.5 Å². The minimum absolute atomic E-state index is 0.168. The minimum Gasteiger partial charge on any atom is -0.452 e. The predicted molar refractivity (Wildman–Crippen MR) is 58.6 cm³/mol. The van der Waals surface area contributed by atoms with Crippen LogP contribution < -0.4 is 0 Å². The molecule has 0 atom stereocenters. The first-order valence-corrected chi connectivity index (χ1v) is 5.48. The average Bonchev–Trinajstić information content (AvgIpc) is 2.26. The summed E-state index contributed by atoms with van der Waals surface area (Å²) in [6.45, 7) is 2.15. The fourth-order valence-corrected chi connectivity index (χ4v) is 1.29. The highest BCUT2D eigenvalue weighted by Gasteiger charge is 2.15. The maximum absolute atomic E-state index is 11.4. The number of hydrogen-bond acceptors (Lipinski definition) is 3. The molecule has 0 fully saturated rings. The number of rotatable bonds is 6. The SMILES string of the molecule is CCCCCCCC(=O)N(C)C(=O)OC.